The van der Waals surface area contributed by atoms with Crippen molar-refractivity contribution in [3.63, 3.8) is 0 Å². The largest absolute Gasteiger partial charge is 0.383 e. The van der Waals surface area contributed by atoms with E-state index in [1.54, 1.807) is 12.4 Å². The molecule has 2 aromatic heterocycles. The Morgan fingerprint density at radius 2 is 2.18 bits per heavy atom. The topological polar surface area (TPSA) is 94.8 Å². The van der Waals surface area contributed by atoms with Crippen LogP contribution in [0.1, 0.15) is 23.0 Å². The molecule has 17 heavy (non-hydrogen) atoms. The molecule has 0 bridgehead atoms. The van der Waals surface area contributed by atoms with Gasteiger partial charge in [-0.2, -0.15) is 0 Å². The molecule has 0 aromatic carbocycles. The second kappa shape index (κ2) is 4.52. The summed E-state index contributed by atoms with van der Waals surface area (Å²) in [6.07, 6.45) is 5.31. The standard InChI is InChI=1S/C11H16N6/c1-7-5-8(10(12)15-6-7)9(16-13)11-14-3-4-17(11)2/h3-6,9,16H,13H2,1-2H3,(H2,12,15). The summed E-state index contributed by atoms with van der Waals surface area (Å²) in [5, 5.41) is 0. The van der Waals surface area contributed by atoms with Crippen LogP contribution in [0.25, 0.3) is 0 Å². The number of nitrogens with zero attached hydrogens (tertiary/aromatic N) is 3. The summed E-state index contributed by atoms with van der Waals surface area (Å²) < 4.78 is 1.90. The average Bonchev–Trinajstić information content (AvgIpc) is 2.71. The number of hydrogen-bond acceptors (Lipinski definition) is 5. The van der Waals surface area contributed by atoms with Crippen LogP contribution >= 0.6 is 0 Å². The molecule has 0 fully saturated rings. The molecule has 2 aromatic rings. The van der Waals surface area contributed by atoms with Crippen LogP contribution in [0, 0.1) is 6.92 Å². The highest BCUT2D eigenvalue weighted by Gasteiger charge is 2.19. The zero-order valence-corrected chi connectivity index (χ0v) is 9.88. The number of imidazole rings is 1. The van der Waals surface area contributed by atoms with Gasteiger partial charge in [0.1, 0.15) is 17.7 Å². The van der Waals surface area contributed by atoms with Crippen molar-refractivity contribution in [2.75, 3.05) is 5.73 Å². The van der Waals surface area contributed by atoms with Gasteiger partial charge in [-0.25, -0.2) is 15.4 Å². The van der Waals surface area contributed by atoms with Crippen LogP contribution in [0.4, 0.5) is 5.82 Å². The third-order valence-electron chi connectivity index (χ3n) is 2.68. The lowest BCUT2D eigenvalue weighted by Crippen LogP contribution is -2.31. The zero-order valence-electron chi connectivity index (χ0n) is 9.88. The molecule has 0 saturated heterocycles. The van der Waals surface area contributed by atoms with Crippen LogP contribution < -0.4 is 17.0 Å². The number of nitrogens with one attached hydrogen (secondary N) is 1. The molecule has 0 aliphatic heterocycles. The molecule has 0 aliphatic carbocycles. The molecule has 6 nitrogen and oxygen atoms in total. The first-order valence-electron chi connectivity index (χ1n) is 5.29. The van der Waals surface area contributed by atoms with Crippen LogP contribution in [0.3, 0.4) is 0 Å². The Kier molecular flexibility index (Phi) is 3.08. The Hall–Kier alpha value is -1.92. The van der Waals surface area contributed by atoms with Gasteiger partial charge in [-0.1, -0.05) is 0 Å². The molecule has 90 valence electrons. The number of nitrogen functional groups attached to an aromatic ring is 1. The zero-order chi connectivity index (χ0) is 12.4. The third-order valence-corrected chi connectivity index (χ3v) is 2.68. The van der Waals surface area contributed by atoms with Crippen molar-refractivity contribution in [2.24, 2.45) is 12.9 Å². The summed E-state index contributed by atoms with van der Waals surface area (Å²) >= 11 is 0. The molecule has 0 aliphatic rings. The highest BCUT2D eigenvalue weighted by Crippen LogP contribution is 2.24. The van der Waals surface area contributed by atoms with Gasteiger partial charge in [0.25, 0.3) is 0 Å². The van der Waals surface area contributed by atoms with Crippen LogP contribution in [0.2, 0.25) is 0 Å². The maximum Gasteiger partial charge on any atom is 0.131 e. The molecule has 5 N–H and O–H groups in total. The summed E-state index contributed by atoms with van der Waals surface area (Å²) in [6.45, 7) is 1.96. The first-order chi connectivity index (χ1) is 8.13. The van der Waals surface area contributed by atoms with Crippen LogP contribution in [-0.2, 0) is 7.05 Å². The minimum absolute atomic E-state index is 0.262. The fourth-order valence-electron chi connectivity index (χ4n) is 1.79. The summed E-state index contributed by atoms with van der Waals surface area (Å²) in [6, 6.07) is 1.70. The number of hydrogen-bond donors (Lipinski definition) is 3. The molecule has 0 saturated carbocycles. The molecular weight excluding hydrogens is 216 g/mol. The molecule has 2 heterocycles. The van der Waals surface area contributed by atoms with Gasteiger partial charge in [0.05, 0.1) is 0 Å². The molecule has 0 amide bonds. The lowest BCUT2D eigenvalue weighted by atomic mass is 10.1. The number of aromatic nitrogens is 3. The van der Waals surface area contributed by atoms with Crippen LogP contribution in [-0.4, -0.2) is 14.5 Å². The quantitative estimate of drug-likeness (QED) is 0.521. The first kappa shape index (κ1) is 11.6. The Balaban J connectivity index is 2.49. The molecule has 0 radical (unpaired) electrons. The second-order valence-corrected chi connectivity index (χ2v) is 3.98. The Bertz CT molecular complexity index is 518. The predicted molar refractivity (Wildman–Crippen MR) is 65.8 cm³/mol. The second-order valence-electron chi connectivity index (χ2n) is 3.98. The first-order valence-corrected chi connectivity index (χ1v) is 5.29. The van der Waals surface area contributed by atoms with Crippen molar-refractivity contribution in [1.29, 1.82) is 0 Å². The summed E-state index contributed by atoms with van der Waals surface area (Å²) in [5.41, 5.74) is 10.5. The highest BCUT2D eigenvalue weighted by molar-refractivity contribution is 5.45. The van der Waals surface area contributed by atoms with E-state index in [4.69, 9.17) is 11.6 Å². The van der Waals surface area contributed by atoms with E-state index in [2.05, 4.69) is 15.4 Å². The summed E-state index contributed by atoms with van der Waals surface area (Å²) in [7, 11) is 1.91. The van der Waals surface area contributed by atoms with Crippen molar-refractivity contribution < 1.29 is 0 Å². The number of anilines is 1. The number of nitrogens with two attached hydrogens (primary N) is 2. The van der Waals surface area contributed by atoms with Gasteiger partial charge in [-0.3, -0.25) is 5.84 Å². The maximum absolute atomic E-state index is 5.88. The van der Waals surface area contributed by atoms with Crippen LogP contribution in [0.15, 0.2) is 24.7 Å². The van der Waals surface area contributed by atoms with E-state index in [9.17, 15) is 0 Å². The van der Waals surface area contributed by atoms with Gasteiger partial charge in [-0.15, -0.1) is 0 Å². The normalized spacial score (nSPS) is 12.6. The third kappa shape index (κ3) is 2.13. The van der Waals surface area contributed by atoms with Gasteiger partial charge < -0.3 is 10.3 Å². The summed E-state index contributed by atoms with van der Waals surface area (Å²) in [4.78, 5) is 8.40. The monoisotopic (exact) mass is 232 g/mol. The molecule has 1 unspecified atom stereocenters. The highest BCUT2D eigenvalue weighted by atomic mass is 15.3. The van der Waals surface area contributed by atoms with E-state index in [1.807, 2.05) is 30.8 Å². The van der Waals surface area contributed by atoms with Crippen molar-refractivity contribution in [3.05, 3.63) is 41.6 Å². The van der Waals surface area contributed by atoms with E-state index in [-0.39, 0.29) is 6.04 Å². The molecule has 1 atom stereocenters. The molecule has 2 rings (SSSR count). The van der Waals surface area contributed by atoms with Crippen molar-refractivity contribution in [1.82, 2.24) is 20.0 Å². The van der Waals surface area contributed by atoms with Crippen LogP contribution in [0.5, 0.6) is 0 Å². The minimum atomic E-state index is -0.262. The SMILES string of the molecule is Cc1cnc(N)c(C(NN)c2nccn2C)c1. The van der Waals surface area contributed by atoms with Crippen molar-refractivity contribution >= 4 is 5.82 Å². The lowest BCUT2D eigenvalue weighted by Gasteiger charge is -2.17. The van der Waals surface area contributed by atoms with Crippen molar-refractivity contribution in [3.8, 4) is 0 Å². The average molecular weight is 232 g/mol. The molecular formula is C11H16N6. The van der Waals surface area contributed by atoms with Gasteiger partial charge in [0.2, 0.25) is 0 Å². The number of aryl methyl sites for hydroxylation is 2. The summed E-state index contributed by atoms with van der Waals surface area (Å²) in [5.74, 6) is 6.85. The fraction of sp³-hybridized carbons (Fsp3) is 0.273. The smallest absolute Gasteiger partial charge is 0.131 e. The number of pyridine rings is 1. The van der Waals surface area contributed by atoms with E-state index >= 15 is 0 Å². The van der Waals surface area contributed by atoms with Gasteiger partial charge in [0, 0.05) is 31.2 Å². The lowest BCUT2D eigenvalue weighted by molar-refractivity contribution is 0.579. The van der Waals surface area contributed by atoms with Gasteiger partial charge in [0.15, 0.2) is 0 Å². The van der Waals surface area contributed by atoms with E-state index in [0.29, 0.717) is 5.82 Å². The van der Waals surface area contributed by atoms with Crippen molar-refractivity contribution in [2.45, 2.75) is 13.0 Å². The van der Waals surface area contributed by atoms with E-state index in [0.717, 1.165) is 17.0 Å². The van der Waals surface area contributed by atoms with E-state index in [1.165, 1.54) is 0 Å². The fourth-order valence-corrected chi connectivity index (χ4v) is 1.79. The predicted octanol–water partition coefficient (Wildman–Crippen LogP) is 0.258. The van der Waals surface area contributed by atoms with E-state index < -0.39 is 0 Å². The Morgan fingerprint density at radius 3 is 2.76 bits per heavy atom. The number of rotatable bonds is 3. The Morgan fingerprint density at radius 1 is 1.41 bits per heavy atom. The minimum Gasteiger partial charge on any atom is -0.383 e. The molecule has 0 spiro atoms. The number of hydrazine groups is 1. The Labute approximate surface area is 99.6 Å². The maximum atomic E-state index is 5.88. The molecule has 6 heteroatoms. The van der Waals surface area contributed by atoms with Gasteiger partial charge >= 0.3 is 0 Å². The van der Waals surface area contributed by atoms with Gasteiger partial charge in [-0.05, 0) is 18.6 Å².